The second-order valence-electron chi connectivity index (χ2n) is 10.5. The molecule has 1 aromatic rings. The second kappa shape index (κ2) is 12.2. The van der Waals surface area contributed by atoms with Gasteiger partial charge in [0.1, 0.15) is 6.04 Å². The maximum absolute atomic E-state index is 13.1. The van der Waals surface area contributed by atoms with Crippen LogP contribution >= 0.6 is 0 Å². The summed E-state index contributed by atoms with van der Waals surface area (Å²) in [6.45, 7) is 7.83. The Labute approximate surface area is 216 Å². The lowest BCUT2D eigenvalue weighted by Gasteiger charge is -2.38. The Hall–Kier alpha value is -3.44. The summed E-state index contributed by atoms with van der Waals surface area (Å²) >= 11 is 0. The van der Waals surface area contributed by atoms with E-state index >= 15 is 0 Å². The minimum Gasteiger partial charge on any atom is -0.465 e. The van der Waals surface area contributed by atoms with Gasteiger partial charge in [-0.25, -0.2) is 4.79 Å². The van der Waals surface area contributed by atoms with E-state index in [1.807, 2.05) is 20.8 Å². The number of nitrogens with zero attached hydrogens (tertiary/aromatic N) is 2. The first-order valence-corrected chi connectivity index (χ1v) is 13.0. The minimum absolute atomic E-state index is 0.0279. The molecule has 0 aromatic carbocycles. The molecule has 2 heterocycles. The molecule has 204 valence electrons. The van der Waals surface area contributed by atoms with Gasteiger partial charge in [0.05, 0.1) is 24.2 Å². The highest BCUT2D eigenvalue weighted by atomic mass is 16.4. The predicted molar refractivity (Wildman–Crippen MR) is 133 cm³/mol. The third kappa shape index (κ3) is 6.86. The number of likely N-dealkylation sites (tertiary alicyclic amines) is 1. The van der Waals surface area contributed by atoms with E-state index in [1.54, 1.807) is 6.92 Å². The van der Waals surface area contributed by atoms with Crippen LogP contribution in [0.3, 0.4) is 0 Å². The largest absolute Gasteiger partial charge is 0.465 e. The average Bonchev–Trinajstić information content (AvgIpc) is 3.42. The van der Waals surface area contributed by atoms with Crippen LogP contribution in [0.4, 0.5) is 4.79 Å². The van der Waals surface area contributed by atoms with Crippen LogP contribution in [0.1, 0.15) is 63.9 Å². The van der Waals surface area contributed by atoms with Crippen LogP contribution in [-0.2, 0) is 38.6 Å². The summed E-state index contributed by atoms with van der Waals surface area (Å²) in [7, 11) is 0. The Morgan fingerprint density at radius 1 is 1.11 bits per heavy atom. The molecular weight excluding hydrogens is 480 g/mol. The highest BCUT2D eigenvalue weighted by Gasteiger charge is 2.41. The van der Waals surface area contributed by atoms with E-state index in [4.69, 9.17) is 5.11 Å². The van der Waals surface area contributed by atoms with Crippen molar-refractivity contribution in [1.29, 1.82) is 0 Å². The van der Waals surface area contributed by atoms with Crippen molar-refractivity contribution in [2.45, 2.75) is 78.4 Å². The van der Waals surface area contributed by atoms with Crippen molar-refractivity contribution in [3.8, 4) is 0 Å². The summed E-state index contributed by atoms with van der Waals surface area (Å²) in [6.07, 6.45) is 2.42. The Bertz CT molecular complexity index is 1030. The summed E-state index contributed by atoms with van der Waals surface area (Å²) in [5.41, 5.74) is 3.13. The fourth-order valence-electron chi connectivity index (χ4n) is 4.76. The Balaban J connectivity index is 1.54. The lowest BCUT2D eigenvalue weighted by atomic mass is 9.91. The maximum Gasteiger partial charge on any atom is 0.405 e. The lowest BCUT2D eigenvalue weighted by Crippen LogP contribution is -2.61. The molecule has 5 N–H and O–H groups in total. The molecule has 2 aliphatic rings. The van der Waals surface area contributed by atoms with Gasteiger partial charge in [-0.2, -0.15) is 5.10 Å². The normalized spacial score (nSPS) is 17.4. The van der Waals surface area contributed by atoms with Gasteiger partial charge in [0.2, 0.25) is 17.6 Å². The minimum atomic E-state index is -1.34. The van der Waals surface area contributed by atoms with Gasteiger partial charge in [-0.05, 0) is 43.1 Å². The standard InChI is InChI=1S/C25H38N6O6/c1-5-14(4)20(28-23(34)18(9-13(2)3)27-25(36)37)21(32)24(35)31-11-15(12-31)22(33)26-10-19-16-7-6-8-17(16)29-30-19/h13-15,18,20,27H,5-12H2,1-4H3,(H,26,33)(H,28,34)(H,29,30)(H,36,37)/t14-,18-,20?/m0/s1. The van der Waals surface area contributed by atoms with E-state index in [1.165, 1.54) is 10.5 Å². The molecule has 1 unspecified atom stereocenters. The molecule has 3 rings (SSSR count). The molecule has 4 amide bonds. The number of nitrogens with one attached hydrogen (secondary N) is 4. The number of aryl methyl sites for hydroxylation is 1. The molecule has 12 nitrogen and oxygen atoms in total. The SMILES string of the molecule is CC[C@H](C)C(NC(=O)[C@H](CC(C)C)NC(=O)O)C(=O)C(=O)N1CC(C(=O)NCc2n[nH]c3c2CCC3)C1. The van der Waals surface area contributed by atoms with Crippen LogP contribution in [0.2, 0.25) is 0 Å². The van der Waals surface area contributed by atoms with Crippen LogP contribution in [0, 0.1) is 17.8 Å². The number of ketones is 1. The summed E-state index contributed by atoms with van der Waals surface area (Å²) in [6, 6.07) is -2.13. The zero-order valence-corrected chi connectivity index (χ0v) is 21.9. The number of amides is 4. The molecule has 0 spiro atoms. The van der Waals surface area contributed by atoms with Gasteiger partial charge in [-0.1, -0.05) is 34.1 Å². The van der Waals surface area contributed by atoms with Gasteiger partial charge >= 0.3 is 6.09 Å². The first-order valence-electron chi connectivity index (χ1n) is 13.0. The van der Waals surface area contributed by atoms with Crippen molar-refractivity contribution in [1.82, 2.24) is 31.0 Å². The molecule has 1 saturated heterocycles. The number of rotatable bonds is 12. The zero-order valence-electron chi connectivity index (χ0n) is 21.9. The van der Waals surface area contributed by atoms with Crippen LogP contribution in [0.15, 0.2) is 0 Å². The van der Waals surface area contributed by atoms with Crippen molar-refractivity contribution in [3.05, 3.63) is 17.0 Å². The second-order valence-corrected chi connectivity index (χ2v) is 10.5. The summed E-state index contributed by atoms with van der Waals surface area (Å²) in [5.74, 6) is -3.11. The molecule has 1 fully saturated rings. The number of H-pyrrole nitrogens is 1. The number of Topliss-reactive ketones (excluding diaryl/α,β-unsaturated/α-hetero) is 1. The fraction of sp³-hybridized carbons (Fsp3) is 0.680. The van der Waals surface area contributed by atoms with E-state index in [0.717, 1.165) is 30.7 Å². The van der Waals surface area contributed by atoms with E-state index in [9.17, 15) is 24.0 Å². The molecule has 37 heavy (non-hydrogen) atoms. The Morgan fingerprint density at radius 3 is 2.43 bits per heavy atom. The number of carbonyl (C=O) groups is 5. The number of aromatic nitrogens is 2. The van der Waals surface area contributed by atoms with E-state index in [2.05, 4.69) is 26.1 Å². The quantitative estimate of drug-likeness (QED) is 0.254. The van der Waals surface area contributed by atoms with Crippen LogP contribution < -0.4 is 16.0 Å². The van der Waals surface area contributed by atoms with Crippen LogP contribution in [0.5, 0.6) is 0 Å². The third-order valence-corrected chi connectivity index (χ3v) is 7.19. The molecule has 0 radical (unpaired) electrons. The van der Waals surface area contributed by atoms with Gasteiger partial charge < -0.3 is 26.0 Å². The first kappa shape index (κ1) is 28.1. The number of hydrogen-bond donors (Lipinski definition) is 5. The Kier molecular flexibility index (Phi) is 9.28. The summed E-state index contributed by atoms with van der Waals surface area (Å²) < 4.78 is 0. The molecule has 0 saturated carbocycles. The molecule has 0 bridgehead atoms. The van der Waals surface area contributed by atoms with E-state index in [0.29, 0.717) is 13.0 Å². The van der Waals surface area contributed by atoms with Gasteiger partial charge in [0.25, 0.3) is 5.91 Å². The van der Waals surface area contributed by atoms with Crippen molar-refractivity contribution >= 4 is 29.6 Å². The van der Waals surface area contributed by atoms with Gasteiger partial charge in [-0.15, -0.1) is 0 Å². The first-order chi connectivity index (χ1) is 17.5. The van der Waals surface area contributed by atoms with E-state index < -0.39 is 41.7 Å². The maximum atomic E-state index is 13.1. The third-order valence-electron chi connectivity index (χ3n) is 7.19. The average molecular weight is 519 g/mol. The van der Waals surface area contributed by atoms with Crippen LogP contribution in [0.25, 0.3) is 0 Å². The van der Waals surface area contributed by atoms with Crippen LogP contribution in [-0.4, -0.2) is 75.0 Å². The highest BCUT2D eigenvalue weighted by Crippen LogP contribution is 2.23. The molecule has 1 aromatic heterocycles. The lowest BCUT2D eigenvalue weighted by molar-refractivity contribution is -0.153. The molecular formula is C25H38N6O6. The topological polar surface area (TPSA) is 174 Å². The van der Waals surface area contributed by atoms with Gasteiger partial charge in [0, 0.05) is 18.8 Å². The monoisotopic (exact) mass is 518 g/mol. The van der Waals surface area contributed by atoms with Crippen molar-refractivity contribution in [2.24, 2.45) is 17.8 Å². The summed E-state index contributed by atoms with van der Waals surface area (Å²) in [4.78, 5) is 63.8. The predicted octanol–water partition coefficient (Wildman–Crippen LogP) is 0.755. The molecule has 1 aliphatic carbocycles. The zero-order chi connectivity index (χ0) is 27.3. The molecule has 1 aliphatic heterocycles. The summed E-state index contributed by atoms with van der Waals surface area (Å²) in [5, 5.41) is 24.0. The number of fused-ring (bicyclic) bond motifs is 1. The number of carbonyl (C=O) groups excluding carboxylic acids is 4. The van der Waals surface area contributed by atoms with Crippen molar-refractivity contribution in [2.75, 3.05) is 13.1 Å². The smallest absolute Gasteiger partial charge is 0.405 e. The Morgan fingerprint density at radius 2 is 1.81 bits per heavy atom. The molecule has 12 heteroatoms. The van der Waals surface area contributed by atoms with Crippen molar-refractivity contribution in [3.63, 3.8) is 0 Å². The number of carboxylic acid groups (broad SMARTS) is 1. The molecule has 3 atom stereocenters. The van der Waals surface area contributed by atoms with E-state index in [-0.39, 0.29) is 37.3 Å². The highest BCUT2D eigenvalue weighted by molar-refractivity contribution is 6.38. The number of aromatic amines is 1. The fourth-order valence-corrected chi connectivity index (χ4v) is 4.76. The number of hydrogen-bond acceptors (Lipinski definition) is 6. The van der Waals surface area contributed by atoms with Crippen molar-refractivity contribution < 1.29 is 29.1 Å². The van der Waals surface area contributed by atoms with Gasteiger partial charge in [0.15, 0.2) is 0 Å². The van der Waals surface area contributed by atoms with Gasteiger partial charge in [-0.3, -0.25) is 24.3 Å².